The topological polar surface area (TPSA) is 92.7 Å². The third-order valence-electron chi connectivity index (χ3n) is 1.92. The lowest BCUT2D eigenvalue weighted by Crippen LogP contribution is -2.17. The van der Waals surface area contributed by atoms with Crippen LogP contribution in [0.2, 0.25) is 0 Å². The van der Waals surface area contributed by atoms with Crippen molar-refractivity contribution in [3.63, 3.8) is 0 Å². The summed E-state index contributed by atoms with van der Waals surface area (Å²) in [6.45, 7) is 3.69. The molecule has 7 heteroatoms. The zero-order valence-electron chi connectivity index (χ0n) is 9.98. The SMILES string of the molecule is CCOC(=O)c1cc(C)sc1NC(=O)CC(=O)O. The predicted octanol–water partition coefficient (Wildman–Crippen LogP) is 1.65. The van der Waals surface area contributed by atoms with Crippen LogP contribution in [-0.4, -0.2) is 29.6 Å². The van der Waals surface area contributed by atoms with E-state index in [0.717, 1.165) is 4.88 Å². The quantitative estimate of drug-likeness (QED) is 0.627. The van der Waals surface area contributed by atoms with E-state index in [1.54, 1.807) is 19.9 Å². The molecule has 1 rings (SSSR count). The number of carboxylic acid groups (broad SMARTS) is 1. The van der Waals surface area contributed by atoms with Crippen molar-refractivity contribution in [1.82, 2.24) is 0 Å². The first-order chi connectivity index (χ1) is 8.43. The van der Waals surface area contributed by atoms with E-state index >= 15 is 0 Å². The van der Waals surface area contributed by atoms with Crippen molar-refractivity contribution in [1.29, 1.82) is 0 Å². The monoisotopic (exact) mass is 271 g/mol. The predicted molar refractivity (Wildman–Crippen MR) is 65.9 cm³/mol. The fourth-order valence-electron chi connectivity index (χ4n) is 1.28. The minimum atomic E-state index is -1.22. The van der Waals surface area contributed by atoms with E-state index in [1.165, 1.54) is 11.3 Å². The highest BCUT2D eigenvalue weighted by Gasteiger charge is 2.18. The molecule has 1 amide bonds. The number of anilines is 1. The highest BCUT2D eigenvalue weighted by Crippen LogP contribution is 2.28. The van der Waals surface area contributed by atoms with E-state index < -0.39 is 24.3 Å². The van der Waals surface area contributed by atoms with Gasteiger partial charge in [0.05, 0.1) is 12.2 Å². The van der Waals surface area contributed by atoms with Gasteiger partial charge in [0.15, 0.2) is 0 Å². The first-order valence-electron chi connectivity index (χ1n) is 5.23. The van der Waals surface area contributed by atoms with Crippen molar-refractivity contribution in [2.45, 2.75) is 20.3 Å². The van der Waals surface area contributed by atoms with Crippen LogP contribution in [0.3, 0.4) is 0 Å². The van der Waals surface area contributed by atoms with E-state index in [-0.39, 0.29) is 12.2 Å². The number of esters is 1. The minimum Gasteiger partial charge on any atom is -0.481 e. The summed E-state index contributed by atoms with van der Waals surface area (Å²) in [5.41, 5.74) is 0.248. The maximum absolute atomic E-state index is 11.6. The molecule has 0 radical (unpaired) electrons. The van der Waals surface area contributed by atoms with Gasteiger partial charge in [-0.15, -0.1) is 11.3 Å². The van der Waals surface area contributed by atoms with Crippen LogP contribution in [0.1, 0.15) is 28.6 Å². The second-order valence-corrected chi connectivity index (χ2v) is 4.70. The number of amides is 1. The largest absolute Gasteiger partial charge is 0.481 e. The Hall–Kier alpha value is -1.89. The molecule has 18 heavy (non-hydrogen) atoms. The summed E-state index contributed by atoms with van der Waals surface area (Å²) >= 11 is 1.20. The smallest absolute Gasteiger partial charge is 0.341 e. The number of hydrogen-bond acceptors (Lipinski definition) is 5. The molecule has 0 atom stereocenters. The summed E-state index contributed by atoms with van der Waals surface area (Å²) in [6, 6.07) is 1.60. The molecule has 1 aromatic heterocycles. The number of aryl methyl sites for hydroxylation is 1. The molecule has 0 aliphatic rings. The maximum Gasteiger partial charge on any atom is 0.341 e. The zero-order valence-corrected chi connectivity index (χ0v) is 10.8. The van der Waals surface area contributed by atoms with Gasteiger partial charge in [-0.25, -0.2) is 4.79 Å². The normalized spacial score (nSPS) is 9.89. The van der Waals surface area contributed by atoms with Crippen LogP contribution in [0.4, 0.5) is 5.00 Å². The van der Waals surface area contributed by atoms with E-state index in [1.807, 2.05) is 0 Å². The summed E-state index contributed by atoms with van der Waals surface area (Å²) in [5, 5.41) is 11.2. The number of ether oxygens (including phenoxy) is 1. The lowest BCUT2D eigenvalue weighted by molar-refractivity contribution is -0.139. The van der Waals surface area contributed by atoms with Gasteiger partial charge in [-0.2, -0.15) is 0 Å². The molecule has 1 heterocycles. The van der Waals surface area contributed by atoms with Crippen molar-refractivity contribution >= 4 is 34.2 Å². The van der Waals surface area contributed by atoms with Gasteiger partial charge in [-0.3, -0.25) is 9.59 Å². The van der Waals surface area contributed by atoms with E-state index in [0.29, 0.717) is 5.00 Å². The molecule has 0 aromatic carbocycles. The molecule has 0 aliphatic carbocycles. The molecular formula is C11H13NO5S. The Morgan fingerprint density at radius 3 is 2.67 bits per heavy atom. The van der Waals surface area contributed by atoms with Gasteiger partial charge in [0.25, 0.3) is 0 Å². The molecule has 98 valence electrons. The summed E-state index contributed by atoms with van der Waals surface area (Å²) in [4.78, 5) is 34.1. The van der Waals surface area contributed by atoms with Gasteiger partial charge < -0.3 is 15.2 Å². The van der Waals surface area contributed by atoms with Crippen molar-refractivity contribution in [2.24, 2.45) is 0 Å². The molecule has 1 aromatic rings. The molecule has 0 unspecified atom stereocenters. The molecule has 0 saturated heterocycles. The summed E-state index contributed by atoms with van der Waals surface area (Å²) < 4.78 is 4.84. The van der Waals surface area contributed by atoms with Crippen LogP contribution >= 0.6 is 11.3 Å². The third-order valence-corrected chi connectivity index (χ3v) is 2.88. The van der Waals surface area contributed by atoms with Crippen LogP contribution < -0.4 is 5.32 Å². The Morgan fingerprint density at radius 2 is 2.11 bits per heavy atom. The average molecular weight is 271 g/mol. The second kappa shape index (κ2) is 6.15. The second-order valence-electron chi connectivity index (χ2n) is 3.44. The van der Waals surface area contributed by atoms with Crippen LogP contribution in [-0.2, 0) is 14.3 Å². The highest BCUT2D eigenvalue weighted by molar-refractivity contribution is 7.16. The van der Waals surface area contributed by atoms with Gasteiger partial charge in [-0.1, -0.05) is 0 Å². The van der Waals surface area contributed by atoms with Crippen molar-refractivity contribution in [3.8, 4) is 0 Å². The number of hydrogen-bond donors (Lipinski definition) is 2. The van der Waals surface area contributed by atoms with Gasteiger partial charge in [0.1, 0.15) is 11.4 Å². The molecule has 0 fully saturated rings. The number of carboxylic acids is 1. The fourth-order valence-corrected chi connectivity index (χ4v) is 2.19. The van der Waals surface area contributed by atoms with Gasteiger partial charge >= 0.3 is 11.9 Å². The Labute approximate surface area is 108 Å². The van der Waals surface area contributed by atoms with Crippen LogP contribution in [0.25, 0.3) is 0 Å². The number of thiophene rings is 1. The van der Waals surface area contributed by atoms with E-state index in [9.17, 15) is 14.4 Å². The van der Waals surface area contributed by atoms with Crippen LogP contribution in [0.5, 0.6) is 0 Å². The lowest BCUT2D eigenvalue weighted by atomic mass is 10.3. The lowest BCUT2D eigenvalue weighted by Gasteiger charge is -2.04. The van der Waals surface area contributed by atoms with Crippen LogP contribution in [0.15, 0.2) is 6.07 Å². The third kappa shape index (κ3) is 3.85. The van der Waals surface area contributed by atoms with Gasteiger partial charge in [-0.05, 0) is 19.9 Å². The molecule has 0 aliphatic heterocycles. The number of carbonyl (C=O) groups excluding carboxylic acids is 2. The zero-order chi connectivity index (χ0) is 13.7. The average Bonchev–Trinajstić information content (AvgIpc) is 2.58. The summed E-state index contributed by atoms with van der Waals surface area (Å²) in [6.07, 6.45) is -0.640. The van der Waals surface area contributed by atoms with Crippen molar-refractivity contribution < 1.29 is 24.2 Å². The molecule has 0 saturated carbocycles. The Morgan fingerprint density at radius 1 is 1.44 bits per heavy atom. The molecule has 2 N–H and O–H groups in total. The number of carbonyl (C=O) groups is 3. The van der Waals surface area contributed by atoms with E-state index in [2.05, 4.69) is 5.32 Å². The van der Waals surface area contributed by atoms with Crippen molar-refractivity contribution in [3.05, 3.63) is 16.5 Å². The molecular weight excluding hydrogens is 258 g/mol. The van der Waals surface area contributed by atoms with Crippen molar-refractivity contribution in [2.75, 3.05) is 11.9 Å². The first-order valence-corrected chi connectivity index (χ1v) is 6.05. The van der Waals surface area contributed by atoms with Crippen LogP contribution in [0, 0.1) is 6.92 Å². The molecule has 0 bridgehead atoms. The van der Waals surface area contributed by atoms with Gasteiger partial charge in [0.2, 0.25) is 5.91 Å². The minimum absolute atomic E-state index is 0.232. The summed E-state index contributed by atoms with van der Waals surface area (Å²) in [5.74, 6) is -2.43. The number of rotatable bonds is 5. The van der Waals surface area contributed by atoms with E-state index in [4.69, 9.17) is 9.84 Å². The molecule has 6 nitrogen and oxygen atoms in total. The number of aliphatic carboxylic acids is 1. The Balaban J connectivity index is 2.85. The Kier molecular flexibility index (Phi) is 4.85. The fraction of sp³-hybridized carbons (Fsp3) is 0.364. The molecule has 0 spiro atoms. The first kappa shape index (κ1) is 14.2. The van der Waals surface area contributed by atoms with Gasteiger partial charge in [0, 0.05) is 4.88 Å². The Bertz CT molecular complexity index is 480. The highest BCUT2D eigenvalue weighted by atomic mass is 32.1. The summed E-state index contributed by atoms with van der Waals surface area (Å²) in [7, 11) is 0. The standard InChI is InChI=1S/C11H13NO5S/c1-3-17-11(16)7-4-6(2)18-10(7)12-8(13)5-9(14)15/h4H,3,5H2,1-2H3,(H,12,13)(H,14,15). The number of nitrogens with one attached hydrogen (secondary N) is 1. The maximum atomic E-state index is 11.6.